The molecule has 1 heterocycles. The highest BCUT2D eigenvalue weighted by molar-refractivity contribution is 5.96. The van der Waals surface area contributed by atoms with Crippen molar-refractivity contribution in [2.24, 2.45) is 0 Å². The molecule has 3 rings (SSSR count). The monoisotopic (exact) mass is 353 g/mol. The van der Waals surface area contributed by atoms with Crippen LogP contribution in [0.3, 0.4) is 0 Å². The summed E-state index contributed by atoms with van der Waals surface area (Å²) in [6.07, 6.45) is 0.710. The van der Waals surface area contributed by atoms with Crippen molar-refractivity contribution in [1.82, 2.24) is 5.32 Å². The molecule has 0 radical (unpaired) electrons. The van der Waals surface area contributed by atoms with E-state index in [2.05, 4.69) is 18.3 Å². The molecular formula is C22H27NO3. The summed E-state index contributed by atoms with van der Waals surface area (Å²) in [5.74, 6) is 1.47. The molecule has 0 fully saturated rings. The number of carbonyl (C=O) groups excluding carboxylic acids is 1. The van der Waals surface area contributed by atoms with Crippen LogP contribution in [0.4, 0.5) is 0 Å². The number of hydrogen-bond donors (Lipinski definition) is 1. The molecule has 138 valence electrons. The number of nitrogens with one attached hydrogen (secondary N) is 1. The second-order valence-electron chi connectivity index (χ2n) is 7.75. The number of fused-ring (bicyclic) bond motifs is 1. The maximum Gasteiger partial charge on any atom is 0.252 e. The van der Waals surface area contributed by atoms with Gasteiger partial charge in [-0.1, -0.05) is 6.07 Å². The lowest BCUT2D eigenvalue weighted by molar-refractivity contribution is 0.0617. The molecule has 26 heavy (non-hydrogen) atoms. The van der Waals surface area contributed by atoms with Gasteiger partial charge in [-0.05, 0) is 69.5 Å². The predicted octanol–water partition coefficient (Wildman–Crippen LogP) is 4.65. The van der Waals surface area contributed by atoms with Gasteiger partial charge in [0.25, 0.3) is 5.91 Å². The molecule has 1 amide bonds. The van der Waals surface area contributed by atoms with Crippen LogP contribution < -0.4 is 14.8 Å². The Labute approximate surface area is 155 Å². The fourth-order valence-corrected chi connectivity index (χ4v) is 3.53. The van der Waals surface area contributed by atoms with Gasteiger partial charge in [-0.3, -0.25) is 4.79 Å². The molecule has 2 aromatic rings. The summed E-state index contributed by atoms with van der Waals surface area (Å²) >= 11 is 0. The van der Waals surface area contributed by atoms with Gasteiger partial charge in [0.05, 0.1) is 13.2 Å². The van der Waals surface area contributed by atoms with E-state index in [1.165, 1.54) is 5.56 Å². The highest BCUT2D eigenvalue weighted by atomic mass is 16.5. The number of hydrogen-bond acceptors (Lipinski definition) is 3. The minimum atomic E-state index is -0.366. The lowest BCUT2D eigenvalue weighted by Gasteiger charge is -2.38. The number of carbonyl (C=O) groups is 1. The van der Waals surface area contributed by atoms with Crippen molar-refractivity contribution in [2.45, 2.75) is 52.7 Å². The summed E-state index contributed by atoms with van der Waals surface area (Å²) < 4.78 is 11.4. The van der Waals surface area contributed by atoms with Crippen molar-refractivity contribution < 1.29 is 14.3 Å². The van der Waals surface area contributed by atoms with Gasteiger partial charge in [0, 0.05) is 23.6 Å². The maximum absolute atomic E-state index is 13.0. The van der Waals surface area contributed by atoms with Gasteiger partial charge in [0.15, 0.2) is 0 Å². The SMILES string of the molecule is COc1ccc2c(c1)OC(C)(C)C[C@H]2NC(=O)c1cc(C)c(C)cc1C. The zero-order chi connectivity index (χ0) is 19.1. The van der Waals surface area contributed by atoms with Crippen molar-refractivity contribution >= 4 is 5.91 Å². The first kappa shape index (κ1) is 18.3. The number of methoxy groups -OCH3 is 1. The number of rotatable bonds is 3. The molecule has 1 atom stereocenters. The average Bonchev–Trinajstić information content (AvgIpc) is 2.56. The number of amides is 1. The Hall–Kier alpha value is -2.49. The van der Waals surface area contributed by atoms with E-state index in [4.69, 9.17) is 9.47 Å². The van der Waals surface area contributed by atoms with E-state index in [-0.39, 0.29) is 17.6 Å². The Kier molecular flexibility index (Phi) is 4.70. The Morgan fingerprint density at radius 3 is 2.50 bits per heavy atom. The number of ether oxygens (including phenoxy) is 2. The van der Waals surface area contributed by atoms with E-state index in [1.807, 2.05) is 52.0 Å². The molecular weight excluding hydrogens is 326 g/mol. The summed E-state index contributed by atoms with van der Waals surface area (Å²) in [5, 5.41) is 3.21. The molecule has 0 saturated heterocycles. The predicted molar refractivity (Wildman–Crippen MR) is 103 cm³/mol. The Morgan fingerprint density at radius 2 is 1.81 bits per heavy atom. The number of benzene rings is 2. The summed E-state index contributed by atoms with van der Waals surface area (Å²) in [7, 11) is 1.64. The first-order chi connectivity index (χ1) is 12.2. The van der Waals surface area contributed by atoms with Gasteiger partial charge < -0.3 is 14.8 Å². The number of aryl methyl sites for hydroxylation is 3. The van der Waals surface area contributed by atoms with Crippen LogP contribution in [0.2, 0.25) is 0 Å². The van der Waals surface area contributed by atoms with E-state index in [0.717, 1.165) is 33.8 Å². The zero-order valence-corrected chi connectivity index (χ0v) is 16.4. The summed E-state index contributed by atoms with van der Waals surface area (Å²) in [6, 6.07) is 9.70. The van der Waals surface area contributed by atoms with Gasteiger partial charge >= 0.3 is 0 Å². The van der Waals surface area contributed by atoms with Crippen LogP contribution in [0.5, 0.6) is 11.5 Å². The lowest BCUT2D eigenvalue weighted by atomic mass is 9.89. The van der Waals surface area contributed by atoms with Crippen LogP contribution in [0.15, 0.2) is 30.3 Å². The van der Waals surface area contributed by atoms with Crippen molar-refractivity contribution in [3.05, 3.63) is 58.1 Å². The molecule has 0 bridgehead atoms. The van der Waals surface area contributed by atoms with E-state index in [0.29, 0.717) is 6.42 Å². The minimum absolute atomic E-state index is 0.0462. The third kappa shape index (κ3) is 3.55. The van der Waals surface area contributed by atoms with E-state index >= 15 is 0 Å². The van der Waals surface area contributed by atoms with Gasteiger partial charge in [-0.25, -0.2) is 0 Å². The molecule has 0 aromatic heterocycles. The maximum atomic E-state index is 13.0. The van der Waals surface area contributed by atoms with E-state index in [9.17, 15) is 4.79 Å². The Morgan fingerprint density at radius 1 is 1.12 bits per heavy atom. The normalized spacial score (nSPS) is 17.8. The van der Waals surface area contributed by atoms with Gasteiger partial charge in [0.1, 0.15) is 17.1 Å². The third-order valence-electron chi connectivity index (χ3n) is 5.07. The molecule has 2 aromatic carbocycles. The summed E-state index contributed by atoms with van der Waals surface area (Å²) in [4.78, 5) is 13.0. The molecule has 4 heteroatoms. The van der Waals surface area contributed by atoms with Crippen molar-refractivity contribution in [2.75, 3.05) is 7.11 Å². The van der Waals surface area contributed by atoms with Gasteiger partial charge in [-0.2, -0.15) is 0 Å². The van der Waals surface area contributed by atoms with Crippen LogP contribution in [-0.2, 0) is 0 Å². The second kappa shape index (κ2) is 6.67. The topological polar surface area (TPSA) is 47.6 Å². The lowest BCUT2D eigenvalue weighted by Crippen LogP contribution is -2.41. The van der Waals surface area contributed by atoms with Gasteiger partial charge in [-0.15, -0.1) is 0 Å². The second-order valence-corrected chi connectivity index (χ2v) is 7.75. The summed E-state index contributed by atoms with van der Waals surface area (Å²) in [6.45, 7) is 10.2. The minimum Gasteiger partial charge on any atom is -0.497 e. The van der Waals surface area contributed by atoms with Crippen LogP contribution in [0, 0.1) is 20.8 Å². The molecule has 4 nitrogen and oxygen atoms in total. The highest BCUT2D eigenvalue weighted by Crippen LogP contribution is 2.41. The standard InChI is InChI=1S/C22H27NO3/c1-13-9-15(3)18(10-14(13)2)21(24)23-19-12-22(4,5)26-20-11-16(25-6)7-8-17(19)20/h7-11,19H,12H2,1-6H3,(H,23,24)/t19-/m1/s1. The highest BCUT2D eigenvalue weighted by Gasteiger charge is 2.35. The zero-order valence-electron chi connectivity index (χ0n) is 16.4. The van der Waals surface area contributed by atoms with Crippen LogP contribution in [0.25, 0.3) is 0 Å². The third-order valence-corrected chi connectivity index (χ3v) is 5.07. The van der Waals surface area contributed by atoms with Crippen molar-refractivity contribution in [3.8, 4) is 11.5 Å². The molecule has 0 saturated carbocycles. The quantitative estimate of drug-likeness (QED) is 0.873. The fraction of sp³-hybridized carbons (Fsp3) is 0.409. The largest absolute Gasteiger partial charge is 0.497 e. The fourth-order valence-electron chi connectivity index (χ4n) is 3.53. The molecule has 1 aliphatic heterocycles. The van der Waals surface area contributed by atoms with Crippen LogP contribution in [0.1, 0.15) is 58.9 Å². The Balaban J connectivity index is 1.92. The van der Waals surface area contributed by atoms with E-state index < -0.39 is 0 Å². The molecule has 0 aliphatic carbocycles. The van der Waals surface area contributed by atoms with Crippen molar-refractivity contribution in [1.29, 1.82) is 0 Å². The van der Waals surface area contributed by atoms with E-state index in [1.54, 1.807) is 7.11 Å². The molecule has 1 aliphatic rings. The average molecular weight is 353 g/mol. The Bertz CT molecular complexity index is 855. The smallest absolute Gasteiger partial charge is 0.252 e. The van der Waals surface area contributed by atoms with Gasteiger partial charge in [0.2, 0.25) is 0 Å². The molecule has 0 unspecified atom stereocenters. The first-order valence-electron chi connectivity index (χ1n) is 8.96. The summed E-state index contributed by atoms with van der Waals surface area (Å²) in [5.41, 5.74) is 4.66. The first-order valence-corrected chi connectivity index (χ1v) is 8.96. The molecule has 1 N–H and O–H groups in total. The van der Waals surface area contributed by atoms with Crippen LogP contribution >= 0.6 is 0 Å². The van der Waals surface area contributed by atoms with Crippen LogP contribution in [-0.4, -0.2) is 18.6 Å². The van der Waals surface area contributed by atoms with Crippen molar-refractivity contribution in [3.63, 3.8) is 0 Å². The molecule has 0 spiro atoms.